The molecule has 6 heteroatoms. The van der Waals surface area contributed by atoms with Gasteiger partial charge in [0.2, 0.25) is 0 Å². The number of carboxylic acid groups (broad SMARTS) is 1. The standard InChI is InChI=1S/C12H15F2NO3/c1-12(2,6-9(15)11(16)17)18-10-4-3-7(13)5-8(10)14/h3-5,9H,6,15H2,1-2H3,(H,16,17). The molecule has 1 unspecified atom stereocenters. The van der Waals surface area contributed by atoms with Crippen LogP contribution in [0.25, 0.3) is 0 Å². The second-order valence-electron chi connectivity index (χ2n) is 4.59. The van der Waals surface area contributed by atoms with Crippen LogP contribution < -0.4 is 10.5 Å². The Labute approximate surface area is 103 Å². The molecule has 100 valence electrons. The van der Waals surface area contributed by atoms with Crippen molar-refractivity contribution in [1.29, 1.82) is 0 Å². The lowest BCUT2D eigenvalue weighted by Crippen LogP contribution is -2.41. The predicted octanol–water partition coefficient (Wildman–Crippen LogP) is 1.92. The minimum atomic E-state index is -1.16. The van der Waals surface area contributed by atoms with Crippen molar-refractivity contribution in [2.45, 2.75) is 31.9 Å². The van der Waals surface area contributed by atoms with Gasteiger partial charge in [0.25, 0.3) is 0 Å². The Bertz CT molecular complexity index is 449. The van der Waals surface area contributed by atoms with E-state index in [1.54, 1.807) is 13.8 Å². The molecule has 0 aliphatic carbocycles. The van der Waals surface area contributed by atoms with E-state index in [1.807, 2.05) is 0 Å². The smallest absolute Gasteiger partial charge is 0.320 e. The van der Waals surface area contributed by atoms with E-state index in [1.165, 1.54) is 0 Å². The van der Waals surface area contributed by atoms with Crippen LogP contribution in [0.5, 0.6) is 5.75 Å². The fraction of sp³-hybridized carbons (Fsp3) is 0.417. The van der Waals surface area contributed by atoms with Crippen LogP contribution in [0.4, 0.5) is 8.78 Å². The normalized spacial score (nSPS) is 13.2. The number of aliphatic carboxylic acids is 1. The number of halogens is 2. The van der Waals surface area contributed by atoms with E-state index in [9.17, 15) is 13.6 Å². The molecule has 0 saturated carbocycles. The number of nitrogens with two attached hydrogens (primary N) is 1. The van der Waals surface area contributed by atoms with Crippen molar-refractivity contribution < 1.29 is 23.4 Å². The van der Waals surface area contributed by atoms with Crippen molar-refractivity contribution in [3.63, 3.8) is 0 Å². The average Bonchev–Trinajstić information content (AvgIpc) is 2.21. The number of hydrogen-bond acceptors (Lipinski definition) is 3. The van der Waals surface area contributed by atoms with Crippen molar-refractivity contribution in [2.75, 3.05) is 0 Å². The fourth-order valence-electron chi connectivity index (χ4n) is 1.51. The quantitative estimate of drug-likeness (QED) is 0.847. The van der Waals surface area contributed by atoms with Gasteiger partial charge in [-0.3, -0.25) is 4.79 Å². The molecule has 0 aromatic heterocycles. The molecule has 0 aliphatic heterocycles. The molecule has 1 aromatic rings. The molecule has 0 amide bonds. The Morgan fingerprint density at radius 2 is 2.11 bits per heavy atom. The zero-order valence-electron chi connectivity index (χ0n) is 10.1. The summed E-state index contributed by atoms with van der Waals surface area (Å²) >= 11 is 0. The Hall–Kier alpha value is -1.69. The van der Waals surface area contributed by atoms with Crippen LogP contribution in [0.3, 0.4) is 0 Å². The van der Waals surface area contributed by atoms with Crippen molar-refractivity contribution in [3.05, 3.63) is 29.8 Å². The van der Waals surface area contributed by atoms with Crippen LogP contribution in [0.2, 0.25) is 0 Å². The topological polar surface area (TPSA) is 72.6 Å². The molecule has 0 heterocycles. The van der Waals surface area contributed by atoms with Gasteiger partial charge >= 0.3 is 5.97 Å². The van der Waals surface area contributed by atoms with Gasteiger partial charge in [0.1, 0.15) is 17.5 Å². The van der Waals surface area contributed by atoms with E-state index in [0.717, 1.165) is 12.1 Å². The van der Waals surface area contributed by atoms with Crippen LogP contribution >= 0.6 is 0 Å². The largest absolute Gasteiger partial charge is 0.485 e. The van der Waals surface area contributed by atoms with E-state index < -0.39 is 29.2 Å². The Kier molecular flexibility index (Phi) is 4.24. The number of carbonyl (C=O) groups is 1. The molecular formula is C12H15F2NO3. The van der Waals surface area contributed by atoms with Gasteiger partial charge in [-0.05, 0) is 26.0 Å². The Balaban J connectivity index is 2.78. The van der Waals surface area contributed by atoms with Gasteiger partial charge in [-0.15, -0.1) is 0 Å². The first-order chi connectivity index (χ1) is 8.21. The second kappa shape index (κ2) is 5.30. The van der Waals surface area contributed by atoms with Gasteiger partial charge in [0, 0.05) is 12.5 Å². The van der Waals surface area contributed by atoms with E-state index in [-0.39, 0.29) is 12.2 Å². The molecule has 0 aliphatic rings. The van der Waals surface area contributed by atoms with Gasteiger partial charge < -0.3 is 15.6 Å². The predicted molar refractivity (Wildman–Crippen MR) is 61.3 cm³/mol. The monoisotopic (exact) mass is 259 g/mol. The number of benzene rings is 1. The lowest BCUT2D eigenvalue weighted by molar-refractivity contribution is -0.139. The highest BCUT2D eigenvalue weighted by Gasteiger charge is 2.27. The van der Waals surface area contributed by atoms with Crippen LogP contribution in [-0.4, -0.2) is 22.7 Å². The van der Waals surface area contributed by atoms with Crippen molar-refractivity contribution in [1.82, 2.24) is 0 Å². The van der Waals surface area contributed by atoms with Gasteiger partial charge in [-0.25, -0.2) is 8.78 Å². The van der Waals surface area contributed by atoms with Gasteiger partial charge in [0.15, 0.2) is 11.6 Å². The van der Waals surface area contributed by atoms with E-state index in [4.69, 9.17) is 15.6 Å². The van der Waals surface area contributed by atoms with Crippen molar-refractivity contribution >= 4 is 5.97 Å². The molecule has 0 radical (unpaired) electrons. The van der Waals surface area contributed by atoms with Crippen LogP contribution in [0.15, 0.2) is 18.2 Å². The highest BCUT2D eigenvalue weighted by Crippen LogP contribution is 2.25. The number of ether oxygens (including phenoxy) is 1. The SMILES string of the molecule is CC(C)(CC(N)C(=O)O)Oc1ccc(F)cc1F. The molecule has 0 spiro atoms. The maximum absolute atomic E-state index is 13.4. The van der Waals surface area contributed by atoms with Gasteiger partial charge in [0.05, 0.1) is 0 Å². The van der Waals surface area contributed by atoms with Gasteiger partial charge in [-0.2, -0.15) is 0 Å². The van der Waals surface area contributed by atoms with Gasteiger partial charge in [-0.1, -0.05) is 0 Å². The van der Waals surface area contributed by atoms with E-state index in [2.05, 4.69) is 0 Å². The zero-order chi connectivity index (χ0) is 13.9. The third-order valence-corrected chi connectivity index (χ3v) is 2.31. The summed E-state index contributed by atoms with van der Waals surface area (Å²) in [6.45, 7) is 3.16. The molecule has 1 rings (SSSR count). The molecule has 0 bridgehead atoms. The molecule has 1 aromatic carbocycles. The van der Waals surface area contributed by atoms with Crippen molar-refractivity contribution in [2.24, 2.45) is 5.73 Å². The minimum absolute atomic E-state index is 0.000843. The van der Waals surface area contributed by atoms with E-state index >= 15 is 0 Å². The highest BCUT2D eigenvalue weighted by molar-refractivity contribution is 5.73. The summed E-state index contributed by atoms with van der Waals surface area (Å²) in [5.74, 6) is -2.85. The third-order valence-electron chi connectivity index (χ3n) is 2.31. The van der Waals surface area contributed by atoms with Crippen LogP contribution in [-0.2, 0) is 4.79 Å². The summed E-state index contributed by atoms with van der Waals surface area (Å²) in [6.07, 6.45) is -0.000843. The average molecular weight is 259 g/mol. The molecule has 4 nitrogen and oxygen atoms in total. The third kappa shape index (κ3) is 3.96. The lowest BCUT2D eigenvalue weighted by atomic mass is 9.99. The Morgan fingerprint density at radius 3 is 2.61 bits per heavy atom. The lowest BCUT2D eigenvalue weighted by Gasteiger charge is -2.28. The summed E-state index contributed by atoms with van der Waals surface area (Å²) < 4.78 is 31.4. The maximum Gasteiger partial charge on any atom is 0.320 e. The summed E-state index contributed by atoms with van der Waals surface area (Å²) in [4.78, 5) is 10.6. The first-order valence-electron chi connectivity index (χ1n) is 5.34. The summed E-state index contributed by atoms with van der Waals surface area (Å²) in [5, 5.41) is 8.70. The first-order valence-corrected chi connectivity index (χ1v) is 5.34. The molecule has 0 fully saturated rings. The first kappa shape index (κ1) is 14.4. The van der Waals surface area contributed by atoms with Crippen LogP contribution in [0, 0.1) is 11.6 Å². The molecular weight excluding hydrogens is 244 g/mol. The number of rotatable bonds is 5. The van der Waals surface area contributed by atoms with Crippen LogP contribution in [0.1, 0.15) is 20.3 Å². The zero-order valence-corrected chi connectivity index (χ0v) is 10.1. The summed E-state index contributed by atoms with van der Waals surface area (Å²) in [6, 6.07) is 1.80. The summed E-state index contributed by atoms with van der Waals surface area (Å²) in [7, 11) is 0. The number of hydrogen-bond donors (Lipinski definition) is 2. The summed E-state index contributed by atoms with van der Waals surface area (Å²) in [5.41, 5.74) is 4.41. The second-order valence-corrected chi connectivity index (χ2v) is 4.59. The molecule has 1 atom stereocenters. The molecule has 18 heavy (non-hydrogen) atoms. The minimum Gasteiger partial charge on any atom is -0.485 e. The Morgan fingerprint density at radius 1 is 1.50 bits per heavy atom. The van der Waals surface area contributed by atoms with Crippen molar-refractivity contribution in [3.8, 4) is 5.75 Å². The highest BCUT2D eigenvalue weighted by atomic mass is 19.1. The number of carboxylic acids is 1. The maximum atomic E-state index is 13.4. The molecule has 0 saturated heterocycles. The molecule has 3 N–H and O–H groups in total. The van der Waals surface area contributed by atoms with E-state index in [0.29, 0.717) is 6.07 Å². The fourth-order valence-corrected chi connectivity index (χ4v) is 1.51.